The Hall–Kier alpha value is -1.32. The van der Waals surface area contributed by atoms with E-state index in [4.69, 9.17) is 5.73 Å². The predicted molar refractivity (Wildman–Crippen MR) is 70.4 cm³/mol. The van der Waals surface area contributed by atoms with E-state index >= 15 is 0 Å². The molecule has 18 heavy (non-hydrogen) atoms. The van der Waals surface area contributed by atoms with Crippen LogP contribution >= 0.6 is 0 Å². The quantitative estimate of drug-likeness (QED) is 0.620. The van der Waals surface area contributed by atoms with Crippen LogP contribution in [0, 0.1) is 17.6 Å². The van der Waals surface area contributed by atoms with Crippen LogP contribution in [-0.4, -0.2) is 6.04 Å². The lowest BCUT2D eigenvalue weighted by Gasteiger charge is -2.24. The van der Waals surface area contributed by atoms with Crippen LogP contribution in [-0.2, 0) is 0 Å². The SMILES string of the molecule is CC1CCCCCC1Nc1c(F)cc(N)cc1F. The second-order valence-corrected chi connectivity index (χ2v) is 5.23. The molecule has 0 radical (unpaired) electrons. The molecule has 2 nitrogen and oxygen atoms in total. The van der Waals surface area contributed by atoms with E-state index in [-0.39, 0.29) is 17.4 Å². The summed E-state index contributed by atoms with van der Waals surface area (Å²) in [5.41, 5.74) is 5.48. The minimum atomic E-state index is -0.607. The van der Waals surface area contributed by atoms with Crippen LogP contribution in [0.2, 0.25) is 0 Å². The highest BCUT2D eigenvalue weighted by molar-refractivity contribution is 5.54. The molecule has 0 aromatic heterocycles. The highest BCUT2D eigenvalue weighted by atomic mass is 19.1. The van der Waals surface area contributed by atoms with Gasteiger partial charge in [0.25, 0.3) is 0 Å². The first-order valence-electron chi connectivity index (χ1n) is 6.59. The number of benzene rings is 1. The molecule has 0 spiro atoms. The number of rotatable bonds is 2. The average molecular weight is 254 g/mol. The summed E-state index contributed by atoms with van der Waals surface area (Å²) in [6.45, 7) is 2.14. The number of halogens is 2. The van der Waals surface area contributed by atoms with Crippen molar-refractivity contribution in [2.24, 2.45) is 5.92 Å². The van der Waals surface area contributed by atoms with E-state index in [0.29, 0.717) is 5.92 Å². The zero-order valence-corrected chi connectivity index (χ0v) is 10.7. The third kappa shape index (κ3) is 2.92. The molecule has 0 bridgehead atoms. The molecule has 1 aromatic carbocycles. The Bertz CT molecular complexity index is 397. The van der Waals surface area contributed by atoms with Gasteiger partial charge in [-0.25, -0.2) is 8.78 Å². The largest absolute Gasteiger partial charge is 0.399 e. The maximum atomic E-state index is 13.7. The highest BCUT2D eigenvalue weighted by Gasteiger charge is 2.22. The predicted octanol–water partition coefficient (Wildman–Crippen LogP) is 3.93. The summed E-state index contributed by atoms with van der Waals surface area (Å²) in [5.74, 6) is -0.781. The second-order valence-electron chi connectivity index (χ2n) is 5.23. The fourth-order valence-electron chi connectivity index (χ4n) is 2.62. The van der Waals surface area contributed by atoms with Gasteiger partial charge in [0.1, 0.15) is 5.69 Å². The maximum absolute atomic E-state index is 13.7. The van der Waals surface area contributed by atoms with Crippen molar-refractivity contribution >= 4 is 11.4 Å². The van der Waals surface area contributed by atoms with E-state index in [9.17, 15) is 8.78 Å². The molecule has 1 aromatic rings. The van der Waals surface area contributed by atoms with Gasteiger partial charge in [-0.2, -0.15) is 0 Å². The van der Waals surface area contributed by atoms with Crippen molar-refractivity contribution in [2.75, 3.05) is 11.1 Å². The molecule has 2 rings (SSSR count). The van der Waals surface area contributed by atoms with Crippen molar-refractivity contribution in [3.63, 3.8) is 0 Å². The maximum Gasteiger partial charge on any atom is 0.151 e. The van der Waals surface area contributed by atoms with Crippen LogP contribution in [0.15, 0.2) is 12.1 Å². The standard InChI is InChI=1S/C14H20F2N2/c1-9-5-3-2-4-6-13(9)18-14-11(15)7-10(17)8-12(14)16/h7-9,13,18H,2-6,17H2,1H3. The Balaban J connectivity index is 2.17. The molecule has 2 unspecified atom stereocenters. The summed E-state index contributed by atoms with van der Waals surface area (Å²) in [5, 5.41) is 3.03. The zero-order valence-electron chi connectivity index (χ0n) is 10.7. The Morgan fingerprint density at radius 2 is 1.72 bits per heavy atom. The van der Waals surface area contributed by atoms with Crippen molar-refractivity contribution in [2.45, 2.75) is 45.1 Å². The molecule has 2 atom stereocenters. The number of hydrogen-bond donors (Lipinski definition) is 2. The van der Waals surface area contributed by atoms with Crippen molar-refractivity contribution < 1.29 is 8.78 Å². The van der Waals surface area contributed by atoms with E-state index in [0.717, 1.165) is 31.4 Å². The third-order valence-electron chi connectivity index (χ3n) is 3.76. The van der Waals surface area contributed by atoms with E-state index < -0.39 is 11.6 Å². The molecule has 4 heteroatoms. The van der Waals surface area contributed by atoms with Gasteiger partial charge >= 0.3 is 0 Å². The first-order chi connectivity index (χ1) is 8.58. The van der Waals surface area contributed by atoms with Gasteiger partial charge in [-0.1, -0.05) is 26.2 Å². The van der Waals surface area contributed by atoms with E-state index in [2.05, 4.69) is 12.2 Å². The third-order valence-corrected chi connectivity index (χ3v) is 3.76. The number of nitrogens with one attached hydrogen (secondary N) is 1. The van der Waals surface area contributed by atoms with Gasteiger partial charge in [0.05, 0.1) is 0 Å². The lowest BCUT2D eigenvalue weighted by Crippen LogP contribution is -2.27. The first-order valence-corrected chi connectivity index (χ1v) is 6.59. The van der Waals surface area contributed by atoms with Crippen LogP contribution in [0.3, 0.4) is 0 Å². The van der Waals surface area contributed by atoms with Crippen molar-refractivity contribution in [3.8, 4) is 0 Å². The average Bonchev–Trinajstić information content (AvgIpc) is 2.49. The molecule has 1 aliphatic rings. The molecular weight excluding hydrogens is 234 g/mol. The summed E-state index contributed by atoms with van der Waals surface area (Å²) >= 11 is 0. The molecule has 0 saturated heterocycles. The van der Waals surface area contributed by atoms with Crippen LogP contribution in [0.25, 0.3) is 0 Å². The minimum Gasteiger partial charge on any atom is -0.399 e. The summed E-state index contributed by atoms with van der Waals surface area (Å²) < 4.78 is 27.4. The van der Waals surface area contributed by atoms with Gasteiger partial charge in [-0.3, -0.25) is 0 Å². The monoisotopic (exact) mass is 254 g/mol. The number of nitrogens with two attached hydrogens (primary N) is 1. The Labute approximate surface area is 107 Å². The summed E-state index contributed by atoms with van der Waals surface area (Å²) in [6, 6.07) is 2.46. The molecule has 3 N–H and O–H groups in total. The van der Waals surface area contributed by atoms with Crippen molar-refractivity contribution in [3.05, 3.63) is 23.8 Å². The van der Waals surface area contributed by atoms with Gasteiger partial charge in [-0.15, -0.1) is 0 Å². The van der Waals surface area contributed by atoms with E-state index in [1.54, 1.807) is 0 Å². The zero-order chi connectivity index (χ0) is 13.1. The van der Waals surface area contributed by atoms with Crippen LogP contribution in [0.1, 0.15) is 39.0 Å². The van der Waals surface area contributed by atoms with Crippen molar-refractivity contribution in [1.29, 1.82) is 0 Å². The second kappa shape index (κ2) is 5.55. The number of hydrogen-bond acceptors (Lipinski definition) is 2. The molecule has 0 amide bonds. The molecular formula is C14H20F2N2. The van der Waals surface area contributed by atoms with Crippen LogP contribution in [0.5, 0.6) is 0 Å². The Morgan fingerprint density at radius 1 is 1.11 bits per heavy atom. The molecule has 0 aliphatic heterocycles. The Morgan fingerprint density at radius 3 is 2.39 bits per heavy atom. The Kier molecular flexibility index (Phi) is 4.04. The smallest absolute Gasteiger partial charge is 0.151 e. The van der Waals surface area contributed by atoms with Crippen molar-refractivity contribution in [1.82, 2.24) is 0 Å². The summed E-state index contributed by atoms with van der Waals surface area (Å²) in [7, 11) is 0. The highest BCUT2D eigenvalue weighted by Crippen LogP contribution is 2.29. The molecule has 1 saturated carbocycles. The lowest BCUT2D eigenvalue weighted by atomic mass is 9.96. The van der Waals surface area contributed by atoms with Gasteiger partial charge in [0.2, 0.25) is 0 Å². The number of nitrogen functional groups attached to an aromatic ring is 1. The van der Waals surface area contributed by atoms with Gasteiger partial charge in [-0.05, 0) is 30.9 Å². The fourth-order valence-corrected chi connectivity index (χ4v) is 2.62. The summed E-state index contributed by atoms with van der Waals surface area (Å²) in [4.78, 5) is 0. The lowest BCUT2D eigenvalue weighted by molar-refractivity contribution is 0.451. The van der Waals surface area contributed by atoms with Crippen LogP contribution < -0.4 is 11.1 Å². The topological polar surface area (TPSA) is 38.0 Å². The fraction of sp³-hybridized carbons (Fsp3) is 0.571. The first kappa shape index (κ1) is 13.1. The molecule has 0 heterocycles. The molecule has 100 valence electrons. The molecule has 1 aliphatic carbocycles. The van der Waals surface area contributed by atoms with Gasteiger partial charge in [0.15, 0.2) is 11.6 Å². The number of anilines is 2. The van der Waals surface area contributed by atoms with E-state index in [1.807, 2.05) is 0 Å². The van der Waals surface area contributed by atoms with Gasteiger partial charge in [0, 0.05) is 11.7 Å². The van der Waals surface area contributed by atoms with E-state index in [1.165, 1.54) is 12.8 Å². The van der Waals surface area contributed by atoms with Gasteiger partial charge < -0.3 is 11.1 Å². The summed E-state index contributed by atoms with van der Waals surface area (Å²) in [6.07, 6.45) is 5.59. The molecule has 1 fully saturated rings. The van der Waals surface area contributed by atoms with Crippen LogP contribution in [0.4, 0.5) is 20.2 Å². The normalized spacial score (nSPS) is 24.6. The minimum absolute atomic E-state index is 0.0389.